The lowest BCUT2D eigenvalue weighted by atomic mass is 10.4. The van der Waals surface area contributed by atoms with E-state index in [0.717, 1.165) is 0 Å². The van der Waals surface area contributed by atoms with Crippen LogP contribution in [0.4, 0.5) is 0 Å². The van der Waals surface area contributed by atoms with E-state index in [1.54, 1.807) is 0 Å². The molecule has 88 valence electrons. The van der Waals surface area contributed by atoms with E-state index in [9.17, 15) is 22.7 Å². The molecule has 0 saturated carbocycles. The molecule has 0 spiro atoms. The highest BCUT2D eigenvalue weighted by Gasteiger charge is 2.39. The van der Waals surface area contributed by atoms with Crippen LogP contribution in [0.5, 0.6) is 0 Å². The highest BCUT2D eigenvalue weighted by molar-refractivity contribution is 7.99. The van der Waals surface area contributed by atoms with Crippen LogP contribution in [0.2, 0.25) is 0 Å². The van der Waals surface area contributed by atoms with Gasteiger partial charge in [-0.15, -0.1) is 0 Å². The molecule has 1 rings (SSSR count). The van der Waals surface area contributed by atoms with Crippen molar-refractivity contribution >= 4 is 21.3 Å². The van der Waals surface area contributed by atoms with Gasteiger partial charge in [-0.3, -0.25) is 14.3 Å². The zero-order valence-corrected chi connectivity index (χ0v) is 9.49. The summed E-state index contributed by atoms with van der Waals surface area (Å²) < 4.78 is 39.4. The Morgan fingerprint density at radius 1 is 1.67 bits per heavy atom. The fourth-order valence-corrected chi connectivity index (χ4v) is 4.10. The third-order valence-corrected chi connectivity index (χ3v) is 5.37. The molecule has 0 N–H and O–H groups in total. The predicted octanol–water partition coefficient (Wildman–Crippen LogP) is -1.11. The Morgan fingerprint density at radius 2 is 2.27 bits per heavy atom. The monoisotopic (exact) mass is 258 g/mol. The summed E-state index contributed by atoms with van der Waals surface area (Å²) >= 11 is -2.05. The van der Waals surface area contributed by atoms with Crippen molar-refractivity contribution in [3.05, 3.63) is 10.1 Å². The maximum absolute atomic E-state index is 11.5. The van der Waals surface area contributed by atoms with Crippen LogP contribution in [0.15, 0.2) is 0 Å². The highest BCUT2D eigenvalue weighted by atomic mass is 32.3. The molecule has 1 heterocycles. The fourth-order valence-electron chi connectivity index (χ4n) is 1.06. The highest BCUT2D eigenvalue weighted by Crippen LogP contribution is 2.19. The first-order valence-electron chi connectivity index (χ1n) is 4.03. The number of sulfonamides is 1. The Bertz CT molecular complexity index is 379. The zero-order chi connectivity index (χ0) is 11.6. The van der Waals surface area contributed by atoms with Crippen LogP contribution in [-0.2, 0) is 25.5 Å². The standard InChI is InChI=1S/C5H10N2O6S2/c1-5-4-13-14(10)7(5)15(11,12)3-2-6(8)9/h5H,2-4H2,1H3. The molecule has 0 aromatic heterocycles. The van der Waals surface area contributed by atoms with Crippen molar-refractivity contribution in [2.24, 2.45) is 0 Å². The van der Waals surface area contributed by atoms with E-state index in [4.69, 9.17) is 0 Å². The average Bonchev–Trinajstić information content (AvgIpc) is 2.43. The lowest BCUT2D eigenvalue weighted by molar-refractivity contribution is -0.474. The lowest BCUT2D eigenvalue weighted by Crippen LogP contribution is -2.38. The van der Waals surface area contributed by atoms with Crippen LogP contribution in [-0.4, -0.2) is 46.2 Å². The van der Waals surface area contributed by atoms with Crippen molar-refractivity contribution in [3.8, 4) is 0 Å². The largest absolute Gasteiger partial charge is 0.276 e. The van der Waals surface area contributed by atoms with E-state index in [1.807, 2.05) is 0 Å². The molecular weight excluding hydrogens is 248 g/mol. The summed E-state index contributed by atoms with van der Waals surface area (Å²) in [6, 6.07) is -0.553. The Kier molecular flexibility index (Phi) is 3.76. The van der Waals surface area contributed by atoms with Crippen molar-refractivity contribution in [3.63, 3.8) is 0 Å². The Hall–Kier alpha value is -0.580. The van der Waals surface area contributed by atoms with E-state index < -0.39 is 44.6 Å². The first kappa shape index (κ1) is 12.5. The maximum Gasteiger partial charge on any atom is 0.251 e. The van der Waals surface area contributed by atoms with Gasteiger partial charge in [0.1, 0.15) is 5.75 Å². The molecule has 1 fully saturated rings. The van der Waals surface area contributed by atoms with Gasteiger partial charge in [-0.2, -0.15) is 0 Å². The topological polar surface area (TPSA) is 107 Å². The molecular formula is C5H10N2O6S2. The number of nitro groups is 1. The van der Waals surface area contributed by atoms with Crippen molar-refractivity contribution in [2.45, 2.75) is 13.0 Å². The van der Waals surface area contributed by atoms with Gasteiger partial charge in [0.15, 0.2) is 0 Å². The van der Waals surface area contributed by atoms with Gasteiger partial charge in [0.25, 0.3) is 11.3 Å². The Labute approximate surface area is 89.2 Å². The molecule has 1 aliphatic heterocycles. The molecule has 2 unspecified atom stereocenters. The minimum Gasteiger partial charge on any atom is -0.276 e. The first-order chi connectivity index (χ1) is 6.84. The van der Waals surface area contributed by atoms with E-state index >= 15 is 0 Å². The Balaban J connectivity index is 2.76. The van der Waals surface area contributed by atoms with Gasteiger partial charge in [0.05, 0.1) is 12.6 Å². The lowest BCUT2D eigenvalue weighted by Gasteiger charge is -2.14. The molecule has 0 aromatic carbocycles. The smallest absolute Gasteiger partial charge is 0.251 e. The van der Waals surface area contributed by atoms with Crippen LogP contribution in [0.25, 0.3) is 0 Å². The molecule has 1 saturated heterocycles. The fraction of sp³-hybridized carbons (Fsp3) is 1.00. The molecule has 2 atom stereocenters. The summed E-state index contributed by atoms with van der Waals surface area (Å²) in [4.78, 5) is 9.31. The molecule has 10 heteroatoms. The average molecular weight is 258 g/mol. The van der Waals surface area contributed by atoms with Gasteiger partial charge < -0.3 is 0 Å². The van der Waals surface area contributed by atoms with Gasteiger partial charge in [-0.1, -0.05) is 3.71 Å². The maximum atomic E-state index is 11.5. The van der Waals surface area contributed by atoms with E-state index in [1.165, 1.54) is 6.92 Å². The number of hydrogen-bond donors (Lipinski definition) is 0. The van der Waals surface area contributed by atoms with Crippen molar-refractivity contribution in [1.82, 2.24) is 3.71 Å². The van der Waals surface area contributed by atoms with Crippen LogP contribution >= 0.6 is 0 Å². The van der Waals surface area contributed by atoms with Crippen molar-refractivity contribution in [1.29, 1.82) is 0 Å². The third-order valence-electron chi connectivity index (χ3n) is 1.72. The molecule has 0 radical (unpaired) electrons. The van der Waals surface area contributed by atoms with Crippen LogP contribution < -0.4 is 0 Å². The SMILES string of the molecule is CC1COS(=O)N1S(=O)(=O)CC[N+](=O)[O-]. The van der Waals surface area contributed by atoms with Crippen LogP contribution in [0, 0.1) is 10.1 Å². The normalized spacial score (nSPS) is 28.1. The number of rotatable bonds is 4. The summed E-state index contributed by atoms with van der Waals surface area (Å²) in [5, 5.41) is 10.0. The van der Waals surface area contributed by atoms with E-state index in [2.05, 4.69) is 4.18 Å². The predicted molar refractivity (Wildman–Crippen MR) is 51.0 cm³/mol. The second-order valence-electron chi connectivity index (χ2n) is 2.98. The van der Waals surface area contributed by atoms with E-state index in [0.29, 0.717) is 3.71 Å². The number of nitrogens with zero attached hydrogens (tertiary/aromatic N) is 2. The first-order valence-corrected chi connectivity index (χ1v) is 6.68. The molecule has 0 bridgehead atoms. The van der Waals surface area contributed by atoms with Gasteiger partial charge in [-0.25, -0.2) is 12.6 Å². The minimum atomic E-state index is -3.89. The summed E-state index contributed by atoms with van der Waals surface area (Å²) in [6.07, 6.45) is 0. The third kappa shape index (κ3) is 2.93. The number of hydrogen-bond acceptors (Lipinski definition) is 6. The van der Waals surface area contributed by atoms with Crippen molar-refractivity contribution in [2.75, 3.05) is 18.9 Å². The molecule has 0 aromatic rings. The molecule has 0 aliphatic carbocycles. The molecule has 1 aliphatic rings. The summed E-state index contributed by atoms with van der Waals surface area (Å²) in [5.74, 6) is -0.667. The quantitative estimate of drug-likeness (QED) is 0.467. The van der Waals surface area contributed by atoms with Gasteiger partial charge in [-0.05, 0) is 6.92 Å². The summed E-state index contributed by atoms with van der Waals surface area (Å²) in [6.45, 7) is 0.849. The molecule has 15 heavy (non-hydrogen) atoms. The van der Waals surface area contributed by atoms with Gasteiger partial charge in [0.2, 0.25) is 16.6 Å². The second kappa shape index (κ2) is 4.51. The summed E-state index contributed by atoms with van der Waals surface area (Å²) in [7, 11) is -3.89. The Morgan fingerprint density at radius 3 is 2.67 bits per heavy atom. The molecule has 0 amide bonds. The minimum absolute atomic E-state index is 0.0320. The van der Waals surface area contributed by atoms with Crippen LogP contribution in [0.3, 0.4) is 0 Å². The van der Waals surface area contributed by atoms with Gasteiger partial charge in [0, 0.05) is 4.92 Å². The zero-order valence-electron chi connectivity index (χ0n) is 7.86. The second-order valence-corrected chi connectivity index (χ2v) is 6.24. The van der Waals surface area contributed by atoms with E-state index in [-0.39, 0.29) is 6.61 Å². The van der Waals surface area contributed by atoms with Crippen molar-refractivity contribution < 1.29 is 21.7 Å². The summed E-state index contributed by atoms with van der Waals surface area (Å²) in [5.41, 5.74) is 0. The van der Waals surface area contributed by atoms with Crippen LogP contribution in [0.1, 0.15) is 6.92 Å². The van der Waals surface area contributed by atoms with Gasteiger partial charge >= 0.3 is 0 Å². The molecule has 8 nitrogen and oxygen atoms in total.